The normalized spacial score (nSPS) is 10.1. The summed E-state index contributed by atoms with van der Waals surface area (Å²) in [5.41, 5.74) is 1.53. The van der Waals surface area contributed by atoms with Crippen molar-refractivity contribution in [2.45, 2.75) is 0 Å². The van der Waals surface area contributed by atoms with E-state index in [1.54, 1.807) is 12.2 Å². The fraction of sp³-hybridized carbons (Fsp3) is 0.200. The molecule has 1 aromatic carbocycles. The second-order valence-corrected chi connectivity index (χ2v) is 6.11. The van der Waals surface area contributed by atoms with Crippen molar-refractivity contribution in [2.75, 3.05) is 48.6 Å². The Morgan fingerprint density at radius 1 is 0.656 bits per heavy atom. The molecule has 2 heterocycles. The van der Waals surface area contributed by atoms with E-state index in [0.29, 0.717) is 36.9 Å². The molecule has 0 spiro atoms. The molecule has 2 aromatic heterocycles. The first-order valence-electron chi connectivity index (χ1n) is 9.57. The van der Waals surface area contributed by atoms with Gasteiger partial charge in [-0.1, -0.05) is 12.2 Å². The van der Waals surface area contributed by atoms with Gasteiger partial charge in [-0.05, 0) is 24.3 Å². The number of hydrogen-bond acceptors (Lipinski definition) is 12. The third-order valence-corrected chi connectivity index (χ3v) is 3.80. The second-order valence-electron chi connectivity index (χ2n) is 6.11. The lowest BCUT2D eigenvalue weighted by molar-refractivity contribution is 0.379. The SMILES string of the molecule is C=CCNc1nc(Nc2ccc(Nc3nc(NCC=C)nc(OC)n3)cc2)nc(OC)n1. The fourth-order valence-electron chi connectivity index (χ4n) is 2.39. The van der Waals surface area contributed by atoms with Gasteiger partial charge in [-0.2, -0.15) is 29.9 Å². The third kappa shape index (κ3) is 6.26. The molecule has 0 bridgehead atoms. The largest absolute Gasteiger partial charge is 0.467 e. The summed E-state index contributed by atoms with van der Waals surface area (Å²) in [4.78, 5) is 25.3. The summed E-state index contributed by atoms with van der Waals surface area (Å²) in [6.07, 6.45) is 3.41. The standard InChI is InChI=1S/C20H24N10O2/c1-5-11-21-15-25-17(29-19(27-15)31-3)23-13-7-9-14(10-8-13)24-18-26-16(22-12-6-2)28-20(30-18)32-4/h5-10H,1-2,11-12H2,3-4H3,(H2,21,23,25,27,29)(H2,22,24,26,28,30). The Bertz CT molecular complexity index is 974. The summed E-state index contributed by atoms with van der Waals surface area (Å²) < 4.78 is 10.3. The van der Waals surface area contributed by atoms with E-state index in [2.05, 4.69) is 64.3 Å². The lowest BCUT2D eigenvalue weighted by atomic mass is 10.3. The van der Waals surface area contributed by atoms with Crippen LogP contribution in [-0.4, -0.2) is 57.2 Å². The average Bonchev–Trinajstić information content (AvgIpc) is 2.82. The van der Waals surface area contributed by atoms with Gasteiger partial charge >= 0.3 is 12.0 Å². The average molecular weight is 436 g/mol. The fourth-order valence-corrected chi connectivity index (χ4v) is 2.39. The molecule has 3 aromatic rings. The molecular formula is C20H24N10O2. The van der Waals surface area contributed by atoms with Crippen molar-refractivity contribution in [3.63, 3.8) is 0 Å². The third-order valence-electron chi connectivity index (χ3n) is 3.80. The van der Waals surface area contributed by atoms with Crippen molar-refractivity contribution in [1.29, 1.82) is 0 Å². The Hall–Kier alpha value is -4.48. The number of rotatable bonds is 12. The zero-order chi connectivity index (χ0) is 22.8. The van der Waals surface area contributed by atoms with Gasteiger partial charge in [0.2, 0.25) is 23.8 Å². The molecule has 0 aliphatic carbocycles. The highest BCUT2D eigenvalue weighted by atomic mass is 16.5. The minimum atomic E-state index is 0.192. The number of nitrogens with zero attached hydrogens (tertiary/aromatic N) is 6. The molecule has 0 unspecified atom stereocenters. The highest BCUT2D eigenvalue weighted by molar-refractivity contribution is 5.62. The van der Waals surface area contributed by atoms with Crippen LogP contribution in [0, 0.1) is 0 Å². The number of hydrogen-bond donors (Lipinski definition) is 4. The molecule has 0 aliphatic heterocycles. The predicted octanol–water partition coefficient (Wildman–Crippen LogP) is 2.76. The van der Waals surface area contributed by atoms with Gasteiger partial charge in [0.1, 0.15) is 0 Å². The van der Waals surface area contributed by atoms with Crippen molar-refractivity contribution in [1.82, 2.24) is 29.9 Å². The minimum absolute atomic E-state index is 0.192. The highest BCUT2D eigenvalue weighted by Crippen LogP contribution is 2.21. The van der Waals surface area contributed by atoms with Crippen molar-refractivity contribution < 1.29 is 9.47 Å². The van der Waals surface area contributed by atoms with Gasteiger partial charge in [0.05, 0.1) is 14.2 Å². The van der Waals surface area contributed by atoms with E-state index in [1.165, 1.54) is 14.2 Å². The highest BCUT2D eigenvalue weighted by Gasteiger charge is 2.09. The van der Waals surface area contributed by atoms with Gasteiger partial charge in [-0.25, -0.2) is 0 Å². The molecular weight excluding hydrogens is 412 g/mol. The Morgan fingerprint density at radius 3 is 1.38 bits per heavy atom. The monoisotopic (exact) mass is 436 g/mol. The molecule has 0 amide bonds. The predicted molar refractivity (Wildman–Crippen MR) is 123 cm³/mol. The molecule has 12 heteroatoms. The minimum Gasteiger partial charge on any atom is -0.467 e. The summed E-state index contributed by atoms with van der Waals surface area (Å²) in [5.74, 6) is 1.43. The number of anilines is 6. The van der Waals surface area contributed by atoms with Crippen molar-refractivity contribution in [3.05, 3.63) is 49.6 Å². The topological polar surface area (TPSA) is 144 Å². The molecule has 0 saturated carbocycles. The van der Waals surface area contributed by atoms with Gasteiger partial charge in [-0.3, -0.25) is 0 Å². The molecule has 0 aliphatic rings. The number of ether oxygens (including phenoxy) is 2. The van der Waals surface area contributed by atoms with E-state index in [-0.39, 0.29) is 12.0 Å². The van der Waals surface area contributed by atoms with Crippen molar-refractivity contribution in [2.24, 2.45) is 0 Å². The molecule has 12 nitrogen and oxygen atoms in total. The van der Waals surface area contributed by atoms with E-state index in [9.17, 15) is 0 Å². The smallest absolute Gasteiger partial charge is 0.322 e. The first kappa shape index (κ1) is 22.2. The maximum atomic E-state index is 5.13. The van der Waals surface area contributed by atoms with E-state index in [4.69, 9.17) is 9.47 Å². The molecule has 0 fully saturated rings. The van der Waals surface area contributed by atoms with Crippen molar-refractivity contribution in [3.8, 4) is 12.0 Å². The molecule has 0 atom stereocenters. The number of nitrogens with one attached hydrogen (secondary N) is 4. The van der Waals surface area contributed by atoms with Crippen LogP contribution < -0.4 is 30.7 Å². The van der Waals surface area contributed by atoms with E-state index >= 15 is 0 Å². The van der Waals surface area contributed by atoms with Crippen LogP contribution >= 0.6 is 0 Å². The zero-order valence-electron chi connectivity index (χ0n) is 17.8. The van der Waals surface area contributed by atoms with Crippen LogP contribution in [0.1, 0.15) is 0 Å². The second kappa shape index (κ2) is 11.1. The maximum absolute atomic E-state index is 5.13. The number of aromatic nitrogens is 6. The zero-order valence-corrected chi connectivity index (χ0v) is 17.8. The van der Waals surface area contributed by atoms with Crippen molar-refractivity contribution >= 4 is 35.2 Å². The van der Waals surface area contributed by atoms with Crippen LogP contribution in [0.5, 0.6) is 12.0 Å². The van der Waals surface area contributed by atoms with Gasteiger partial charge in [0.25, 0.3) is 0 Å². The summed E-state index contributed by atoms with van der Waals surface area (Å²) in [7, 11) is 2.98. The van der Waals surface area contributed by atoms with Crippen LogP contribution in [0.4, 0.5) is 35.2 Å². The number of benzene rings is 1. The van der Waals surface area contributed by atoms with Crippen LogP contribution in [0.2, 0.25) is 0 Å². The van der Waals surface area contributed by atoms with Crippen LogP contribution in [0.15, 0.2) is 49.6 Å². The summed E-state index contributed by atoms with van der Waals surface area (Å²) in [6, 6.07) is 7.79. The summed E-state index contributed by atoms with van der Waals surface area (Å²) in [6.45, 7) is 8.35. The summed E-state index contributed by atoms with van der Waals surface area (Å²) in [5, 5.41) is 12.3. The van der Waals surface area contributed by atoms with Gasteiger partial charge in [-0.15, -0.1) is 13.2 Å². The molecule has 0 radical (unpaired) electrons. The van der Waals surface area contributed by atoms with E-state index in [0.717, 1.165) is 11.4 Å². The molecule has 32 heavy (non-hydrogen) atoms. The Labute approximate surface area is 185 Å². The van der Waals surface area contributed by atoms with Gasteiger partial charge in [0, 0.05) is 24.5 Å². The Kier molecular flexibility index (Phi) is 7.68. The van der Waals surface area contributed by atoms with Crippen LogP contribution in [0.3, 0.4) is 0 Å². The van der Waals surface area contributed by atoms with Crippen LogP contribution in [-0.2, 0) is 0 Å². The lowest BCUT2D eigenvalue weighted by Crippen LogP contribution is -2.08. The van der Waals surface area contributed by atoms with E-state index in [1.807, 2.05) is 24.3 Å². The first-order valence-corrected chi connectivity index (χ1v) is 9.57. The maximum Gasteiger partial charge on any atom is 0.322 e. The molecule has 0 saturated heterocycles. The quantitative estimate of drug-likeness (QED) is 0.310. The Morgan fingerprint density at radius 2 is 1.03 bits per heavy atom. The molecule has 3 rings (SSSR count). The molecule has 166 valence electrons. The molecule has 4 N–H and O–H groups in total. The lowest BCUT2D eigenvalue weighted by Gasteiger charge is -2.11. The first-order chi connectivity index (χ1) is 15.6. The van der Waals surface area contributed by atoms with E-state index < -0.39 is 0 Å². The van der Waals surface area contributed by atoms with Gasteiger partial charge in [0.15, 0.2) is 0 Å². The van der Waals surface area contributed by atoms with Crippen LogP contribution in [0.25, 0.3) is 0 Å². The summed E-state index contributed by atoms with van der Waals surface area (Å²) >= 11 is 0. The number of methoxy groups -OCH3 is 2. The Balaban J connectivity index is 1.72. The van der Waals surface area contributed by atoms with Gasteiger partial charge < -0.3 is 30.7 Å².